The van der Waals surface area contributed by atoms with Gasteiger partial charge in [-0.2, -0.15) is 0 Å². The third-order valence-electron chi connectivity index (χ3n) is 6.75. The number of fused-ring (bicyclic) bond motifs is 1. The van der Waals surface area contributed by atoms with Gasteiger partial charge >= 0.3 is 0 Å². The van der Waals surface area contributed by atoms with Gasteiger partial charge in [0.2, 0.25) is 0 Å². The number of aromatic nitrogens is 1. The highest BCUT2D eigenvalue weighted by molar-refractivity contribution is 5.90. The van der Waals surface area contributed by atoms with Gasteiger partial charge in [0.15, 0.2) is 0 Å². The molecule has 0 aliphatic rings. The summed E-state index contributed by atoms with van der Waals surface area (Å²) in [4.78, 5) is 4.40. The van der Waals surface area contributed by atoms with E-state index in [4.69, 9.17) is 15.2 Å². The highest BCUT2D eigenvalue weighted by Crippen LogP contribution is 2.22. The van der Waals surface area contributed by atoms with Crippen LogP contribution >= 0.6 is 0 Å². The van der Waals surface area contributed by atoms with Gasteiger partial charge in [-0.15, -0.1) is 0 Å². The van der Waals surface area contributed by atoms with Crippen LogP contribution in [-0.4, -0.2) is 18.2 Å². The van der Waals surface area contributed by atoms with Crippen LogP contribution in [0.25, 0.3) is 10.9 Å². The first-order valence-electron chi connectivity index (χ1n) is 14.9. The molecule has 0 spiro atoms. The second-order valence-corrected chi connectivity index (χ2v) is 10.0. The topological polar surface area (TPSA) is 69.4 Å². The quantitative estimate of drug-likeness (QED) is 0.139. The number of unbranched alkanes of at least 4 members (excludes halogenated alkanes) is 6. The highest BCUT2D eigenvalue weighted by atomic mass is 16.5. The number of nitrogens with zero attached hydrogens (tertiary/aromatic N) is 1. The van der Waals surface area contributed by atoms with E-state index in [0.29, 0.717) is 6.54 Å². The number of ether oxygens (including phenoxy) is 2. The first-order valence-corrected chi connectivity index (χ1v) is 14.9. The van der Waals surface area contributed by atoms with E-state index in [0.717, 1.165) is 66.3 Å². The normalized spacial score (nSPS) is 10.6. The number of hydrogen-bond donors (Lipinski definition) is 2. The number of pyridine rings is 1. The molecule has 0 bridgehead atoms. The number of nitrogens with two attached hydrogens (primary N) is 1. The molecule has 5 heteroatoms. The summed E-state index contributed by atoms with van der Waals surface area (Å²) in [6.45, 7) is 7.44. The van der Waals surface area contributed by atoms with Crippen LogP contribution in [0.4, 0.5) is 5.69 Å². The number of rotatable bonds is 16. The third-order valence-corrected chi connectivity index (χ3v) is 6.75. The summed E-state index contributed by atoms with van der Waals surface area (Å²) < 4.78 is 11.4. The fourth-order valence-corrected chi connectivity index (χ4v) is 4.31. The zero-order chi connectivity index (χ0) is 28.3. The van der Waals surface area contributed by atoms with Gasteiger partial charge in [-0.25, -0.2) is 0 Å². The maximum atomic E-state index is 5.80. The van der Waals surface area contributed by atoms with E-state index >= 15 is 0 Å². The summed E-state index contributed by atoms with van der Waals surface area (Å²) in [6.07, 6.45) is 11.8. The van der Waals surface area contributed by atoms with Crippen LogP contribution in [0, 0.1) is 0 Å². The summed E-state index contributed by atoms with van der Waals surface area (Å²) in [5.74, 6) is 1.90. The van der Waals surface area contributed by atoms with E-state index in [9.17, 15) is 0 Å². The Labute approximate surface area is 241 Å². The van der Waals surface area contributed by atoms with Crippen LogP contribution in [0.2, 0.25) is 0 Å². The average Bonchev–Trinajstić information content (AvgIpc) is 3.01. The molecule has 0 amide bonds. The van der Waals surface area contributed by atoms with Crippen LogP contribution in [0.1, 0.15) is 76.3 Å². The summed E-state index contributed by atoms with van der Waals surface area (Å²) in [5, 5.41) is 4.66. The Balaban J connectivity index is 0.000000252. The summed E-state index contributed by atoms with van der Waals surface area (Å²) >= 11 is 0. The van der Waals surface area contributed by atoms with Gasteiger partial charge in [0.05, 0.1) is 18.7 Å². The molecule has 0 atom stereocenters. The van der Waals surface area contributed by atoms with E-state index in [1.807, 2.05) is 54.7 Å². The average molecular weight is 542 g/mol. The molecule has 4 rings (SSSR count). The van der Waals surface area contributed by atoms with E-state index in [-0.39, 0.29) is 0 Å². The van der Waals surface area contributed by atoms with Crippen molar-refractivity contribution in [3.05, 3.63) is 96.2 Å². The summed E-state index contributed by atoms with van der Waals surface area (Å²) in [7, 11) is 0. The fourth-order valence-electron chi connectivity index (χ4n) is 4.31. The monoisotopic (exact) mass is 541 g/mol. The van der Waals surface area contributed by atoms with Gasteiger partial charge in [0.25, 0.3) is 0 Å². The highest BCUT2D eigenvalue weighted by Gasteiger charge is 2.02. The molecular formula is C35H47N3O2. The molecule has 0 radical (unpaired) electrons. The Morgan fingerprint density at radius 3 is 1.80 bits per heavy atom. The van der Waals surface area contributed by atoms with Crippen molar-refractivity contribution in [1.82, 2.24) is 4.98 Å². The van der Waals surface area contributed by atoms with Crippen molar-refractivity contribution in [3.8, 4) is 11.5 Å². The summed E-state index contributed by atoms with van der Waals surface area (Å²) in [5.41, 5.74) is 10.0. The van der Waals surface area contributed by atoms with E-state index in [2.05, 4.69) is 54.5 Å². The lowest BCUT2D eigenvalue weighted by Gasteiger charge is -2.10. The Morgan fingerprint density at radius 1 is 0.650 bits per heavy atom. The van der Waals surface area contributed by atoms with E-state index in [1.165, 1.54) is 44.1 Å². The van der Waals surface area contributed by atoms with Gasteiger partial charge in [-0.3, -0.25) is 4.98 Å². The minimum atomic E-state index is 0.594. The lowest BCUT2D eigenvalue weighted by atomic mass is 10.1. The minimum Gasteiger partial charge on any atom is -0.494 e. The van der Waals surface area contributed by atoms with Crippen molar-refractivity contribution >= 4 is 16.6 Å². The van der Waals surface area contributed by atoms with Gasteiger partial charge in [-0.05, 0) is 60.4 Å². The SMILES string of the molecule is CCCCCCOc1ccc(CN)cc1.CCCCCCOc1ccc(CNc2ccnc3ccccc23)cc1. The molecule has 3 aromatic carbocycles. The molecule has 0 saturated carbocycles. The smallest absolute Gasteiger partial charge is 0.119 e. The number of para-hydroxylation sites is 1. The molecule has 1 aromatic heterocycles. The second-order valence-electron chi connectivity index (χ2n) is 10.0. The zero-order valence-corrected chi connectivity index (χ0v) is 24.4. The van der Waals surface area contributed by atoms with Crippen molar-refractivity contribution in [2.75, 3.05) is 18.5 Å². The largest absolute Gasteiger partial charge is 0.494 e. The number of hydrogen-bond acceptors (Lipinski definition) is 5. The third kappa shape index (κ3) is 11.3. The van der Waals surface area contributed by atoms with E-state index in [1.54, 1.807) is 0 Å². The Bertz CT molecular complexity index is 1200. The van der Waals surface area contributed by atoms with Crippen LogP contribution in [0.5, 0.6) is 11.5 Å². The van der Waals surface area contributed by atoms with Gasteiger partial charge in [0, 0.05) is 30.4 Å². The molecule has 4 aromatic rings. The predicted octanol–water partition coefficient (Wildman–Crippen LogP) is 8.91. The van der Waals surface area contributed by atoms with Crippen molar-refractivity contribution in [3.63, 3.8) is 0 Å². The maximum Gasteiger partial charge on any atom is 0.119 e. The Morgan fingerprint density at radius 2 is 1.23 bits per heavy atom. The fraction of sp³-hybridized carbons (Fsp3) is 0.400. The van der Waals surface area contributed by atoms with Gasteiger partial charge in [0.1, 0.15) is 11.5 Å². The van der Waals surface area contributed by atoms with Crippen molar-refractivity contribution in [2.24, 2.45) is 5.73 Å². The molecule has 5 nitrogen and oxygen atoms in total. The molecule has 214 valence electrons. The van der Waals surface area contributed by atoms with Crippen LogP contribution < -0.4 is 20.5 Å². The second kappa shape index (κ2) is 18.7. The number of nitrogens with one attached hydrogen (secondary N) is 1. The van der Waals surface area contributed by atoms with Crippen LogP contribution in [-0.2, 0) is 13.1 Å². The number of anilines is 1. The van der Waals surface area contributed by atoms with E-state index < -0.39 is 0 Å². The lowest BCUT2D eigenvalue weighted by molar-refractivity contribution is 0.305. The molecule has 0 aliphatic heterocycles. The maximum absolute atomic E-state index is 5.80. The predicted molar refractivity (Wildman–Crippen MR) is 169 cm³/mol. The van der Waals surface area contributed by atoms with Gasteiger partial charge < -0.3 is 20.5 Å². The van der Waals surface area contributed by atoms with Crippen LogP contribution in [0.15, 0.2) is 85.1 Å². The molecule has 40 heavy (non-hydrogen) atoms. The lowest BCUT2D eigenvalue weighted by Crippen LogP contribution is -2.01. The molecule has 0 saturated heterocycles. The van der Waals surface area contributed by atoms with Crippen molar-refractivity contribution in [2.45, 2.75) is 78.3 Å². The molecule has 3 N–H and O–H groups in total. The zero-order valence-electron chi connectivity index (χ0n) is 24.4. The van der Waals surface area contributed by atoms with Gasteiger partial charge in [-0.1, -0.05) is 94.8 Å². The Kier molecular flexibility index (Phi) is 14.5. The van der Waals surface area contributed by atoms with Crippen LogP contribution in [0.3, 0.4) is 0 Å². The number of benzene rings is 3. The first kappa shape index (κ1) is 31.0. The Hall–Kier alpha value is -3.57. The molecule has 0 unspecified atom stereocenters. The molecule has 1 heterocycles. The first-order chi connectivity index (χ1) is 19.7. The molecule has 0 aliphatic carbocycles. The summed E-state index contributed by atoms with van der Waals surface area (Å²) in [6, 6.07) is 26.6. The standard InChI is InChI=1S/C22H26N2O.C13H21NO/c1-2-3-4-7-16-25-19-12-10-18(11-13-19)17-24-22-14-15-23-21-9-6-5-8-20(21)22;1-2-3-4-5-10-15-13-8-6-12(11-14)7-9-13/h5-6,8-15H,2-4,7,16-17H2,1H3,(H,23,24);6-9H,2-5,10-11,14H2,1H3. The molecular weight excluding hydrogens is 494 g/mol. The van der Waals surface area contributed by atoms with Crippen molar-refractivity contribution in [1.29, 1.82) is 0 Å². The van der Waals surface area contributed by atoms with Crippen molar-refractivity contribution < 1.29 is 9.47 Å². The minimum absolute atomic E-state index is 0.594. The molecule has 0 fully saturated rings.